The smallest absolute Gasteiger partial charge is 0.0354 e. The molecule has 0 unspecified atom stereocenters. The van der Waals surface area contributed by atoms with Gasteiger partial charge in [-0.15, -0.1) is 11.8 Å². The first-order chi connectivity index (χ1) is 8.54. The zero-order chi connectivity index (χ0) is 13.1. The highest BCUT2D eigenvalue weighted by atomic mass is 32.2. The van der Waals surface area contributed by atoms with Gasteiger partial charge >= 0.3 is 0 Å². The lowest BCUT2D eigenvalue weighted by Crippen LogP contribution is -1.90. The van der Waals surface area contributed by atoms with Crippen molar-refractivity contribution < 1.29 is 0 Å². The van der Waals surface area contributed by atoms with Gasteiger partial charge < -0.3 is 5.73 Å². The summed E-state index contributed by atoms with van der Waals surface area (Å²) in [7, 11) is 0. The molecule has 0 aliphatic heterocycles. The van der Waals surface area contributed by atoms with Gasteiger partial charge in [-0.05, 0) is 44.0 Å². The van der Waals surface area contributed by atoms with E-state index in [0.717, 1.165) is 17.0 Å². The molecule has 2 aromatic carbocycles. The van der Waals surface area contributed by atoms with E-state index in [1.165, 1.54) is 21.6 Å². The third-order valence-electron chi connectivity index (χ3n) is 2.94. The molecule has 0 saturated carbocycles. The summed E-state index contributed by atoms with van der Waals surface area (Å²) in [6.07, 6.45) is 0. The molecule has 2 aromatic rings. The average Bonchev–Trinajstić information content (AvgIpc) is 2.29. The average molecular weight is 257 g/mol. The van der Waals surface area contributed by atoms with Crippen LogP contribution in [-0.4, -0.2) is 0 Å². The SMILES string of the molecule is Cc1cc(C)cc(CSc2ccc(C)c(N)c2)c1. The largest absolute Gasteiger partial charge is 0.398 e. The molecule has 0 radical (unpaired) electrons. The van der Waals surface area contributed by atoms with Crippen LogP contribution in [0.4, 0.5) is 5.69 Å². The van der Waals surface area contributed by atoms with Crippen molar-refractivity contribution >= 4 is 17.4 Å². The van der Waals surface area contributed by atoms with Gasteiger partial charge in [0.1, 0.15) is 0 Å². The minimum absolute atomic E-state index is 0.875. The fourth-order valence-corrected chi connectivity index (χ4v) is 2.90. The van der Waals surface area contributed by atoms with Gasteiger partial charge in [-0.25, -0.2) is 0 Å². The van der Waals surface area contributed by atoms with Gasteiger partial charge in [-0.1, -0.05) is 35.4 Å². The summed E-state index contributed by atoms with van der Waals surface area (Å²) in [5.41, 5.74) is 12.0. The summed E-state index contributed by atoms with van der Waals surface area (Å²) in [6.45, 7) is 6.32. The molecule has 2 rings (SSSR count). The molecule has 0 fully saturated rings. The van der Waals surface area contributed by atoms with Crippen LogP contribution in [0.25, 0.3) is 0 Å². The van der Waals surface area contributed by atoms with Gasteiger partial charge in [0, 0.05) is 16.3 Å². The monoisotopic (exact) mass is 257 g/mol. The van der Waals surface area contributed by atoms with Crippen molar-refractivity contribution in [2.24, 2.45) is 0 Å². The minimum atomic E-state index is 0.875. The first-order valence-corrected chi connectivity index (χ1v) is 7.09. The second-order valence-corrected chi connectivity index (χ2v) is 5.85. The molecule has 0 saturated heterocycles. The Morgan fingerprint density at radius 1 is 0.944 bits per heavy atom. The van der Waals surface area contributed by atoms with Crippen LogP contribution in [0.5, 0.6) is 0 Å². The summed E-state index contributed by atoms with van der Waals surface area (Å²) in [5.74, 6) is 0.991. The molecule has 0 aliphatic carbocycles. The lowest BCUT2D eigenvalue weighted by atomic mass is 10.1. The van der Waals surface area contributed by atoms with Gasteiger partial charge in [-0.3, -0.25) is 0 Å². The topological polar surface area (TPSA) is 26.0 Å². The first kappa shape index (κ1) is 13.0. The molecule has 0 heterocycles. The molecule has 0 aromatic heterocycles. The molecule has 2 N–H and O–H groups in total. The summed E-state index contributed by atoms with van der Waals surface area (Å²) in [4.78, 5) is 1.23. The van der Waals surface area contributed by atoms with E-state index in [1.54, 1.807) is 0 Å². The van der Waals surface area contributed by atoms with Gasteiger partial charge in [-0.2, -0.15) is 0 Å². The summed E-state index contributed by atoms with van der Waals surface area (Å²) >= 11 is 1.83. The first-order valence-electron chi connectivity index (χ1n) is 6.11. The summed E-state index contributed by atoms with van der Waals surface area (Å²) < 4.78 is 0. The highest BCUT2D eigenvalue weighted by molar-refractivity contribution is 7.98. The molecule has 94 valence electrons. The van der Waals surface area contributed by atoms with E-state index < -0.39 is 0 Å². The maximum absolute atomic E-state index is 5.92. The van der Waals surface area contributed by atoms with Gasteiger partial charge in [0.2, 0.25) is 0 Å². The van der Waals surface area contributed by atoms with Crippen molar-refractivity contribution in [1.29, 1.82) is 0 Å². The lowest BCUT2D eigenvalue weighted by Gasteiger charge is -2.07. The third-order valence-corrected chi connectivity index (χ3v) is 4.00. The van der Waals surface area contributed by atoms with Crippen LogP contribution in [0, 0.1) is 20.8 Å². The Balaban J connectivity index is 2.08. The Labute approximate surface area is 113 Å². The molecule has 0 amide bonds. The summed E-state index contributed by atoms with van der Waals surface area (Å²) in [5, 5.41) is 0. The van der Waals surface area contributed by atoms with Crippen molar-refractivity contribution in [2.45, 2.75) is 31.4 Å². The lowest BCUT2D eigenvalue weighted by molar-refractivity contribution is 1.29. The number of aryl methyl sites for hydroxylation is 3. The zero-order valence-electron chi connectivity index (χ0n) is 11.2. The normalized spacial score (nSPS) is 10.6. The molecule has 1 nitrogen and oxygen atoms in total. The molecule has 2 heteroatoms. The van der Waals surface area contributed by atoms with Crippen LogP contribution in [0.2, 0.25) is 0 Å². The second kappa shape index (κ2) is 5.49. The molecule has 0 spiro atoms. The molecule has 0 bridgehead atoms. The minimum Gasteiger partial charge on any atom is -0.398 e. The number of thioether (sulfide) groups is 1. The van der Waals surface area contributed by atoms with Crippen molar-refractivity contribution in [3.8, 4) is 0 Å². The predicted octanol–water partition coefficient (Wildman–Crippen LogP) is 4.49. The Bertz CT molecular complexity index is 541. The number of anilines is 1. The van der Waals surface area contributed by atoms with Crippen molar-refractivity contribution in [2.75, 3.05) is 5.73 Å². The van der Waals surface area contributed by atoms with Crippen molar-refractivity contribution in [1.82, 2.24) is 0 Å². The Kier molecular flexibility index (Phi) is 3.97. The predicted molar refractivity (Wildman–Crippen MR) is 81.1 cm³/mol. The van der Waals surface area contributed by atoms with E-state index in [1.807, 2.05) is 18.7 Å². The molecule has 0 aliphatic rings. The van der Waals surface area contributed by atoms with Crippen LogP contribution in [0.1, 0.15) is 22.3 Å². The van der Waals surface area contributed by atoms with E-state index in [4.69, 9.17) is 5.73 Å². The number of nitrogens with two attached hydrogens (primary N) is 1. The van der Waals surface area contributed by atoms with Crippen molar-refractivity contribution in [3.05, 3.63) is 58.7 Å². The Morgan fingerprint density at radius 3 is 2.22 bits per heavy atom. The Morgan fingerprint density at radius 2 is 1.61 bits per heavy atom. The van der Waals surface area contributed by atoms with Crippen LogP contribution in [-0.2, 0) is 5.75 Å². The van der Waals surface area contributed by atoms with E-state index >= 15 is 0 Å². The van der Waals surface area contributed by atoms with E-state index in [9.17, 15) is 0 Å². The third kappa shape index (κ3) is 3.30. The maximum atomic E-state index is 5.92. The fourth-order valence-electron chi connectivity index (χ4n) is 2.03. The number of benzene rings is 2. The molecular weight excluding hydrogens is 238 g/mol. The van der Waals surface area contributed by atoms with Crippen LogP contribution >= 0.6 is 11.8 Å². The quantitative estimate of drug-likeness (QED) is 0.648. The molecule has 0 atom stereocenters. The molecule has 18 heavy (non-hydrogen) atoms. The number of hydrogen-bond acceptors (Lipinski definition) is 2. The maximum Gasteiger partial charge on any atom is 0.0354 e. The second-order valence-electron chi connectivity index (χ2n) is 4.80. The standard InChI is InChI=1S/C16H19NS/c1-11-6-12(2)8-14(7-11)10-18-15-5-4-13(3)16(17)9-15/h4-9H,10,17H2,1-3H3. The Hall–Kier alpha value is -1.41. The number of rotatable bonds is 3. The van der Waals surface area contributed by atoms with Gasteiger partial charge in [0.05, 0.1) is 0 Å². The number of hydrogen-bond donors (Lipinski definition) is 1. The zero-order valence-corrected chi connectivity index (χ0v) is 12.0. The van der Waals surface area contributed by atoms with E-state index in [0.29, 0.717) is 0 Å². The fraction of sp³-hybridized carbons (Fsp3) is 0.250. The van der Waals surface area contributed by atoms with Crippen LogP contribution < -0.4 is 5.73 Å². The van der Waals surface area contributed by atoms with Gasteiger partial charge in [0.25, 0.3) is 0 Å². The highest BCUT2D eigenvalue weighted by Crippen LogP contribution is 2.26. The van der Waals surface area contributed by atoms with E-state index in [-0.39, 0.29) is 0 Å². The number of nitrogen functional groups attached to an aromatic ring is 1. The van der Waals surface area contributed by atoms with Crippen LogP contribution in [0.15, 0.2) is 41.3 Å². The van der Waals surface area contributed by atoms with Gasteiger partial charge in [0.15, 0.2) is 0 Å². The summed E-state index contributed by atoms with van der Waals surface area (Å²) in [6, 6.07) is 13.0. The van der Waals surface area contributed by atoms with Crippen LogP contribution in [0.3, 0.4) is 0 Å². The molecular formula is C16H19NS. The van der Waals surface area contributed by atoms with E-state index in [2.05, 4.69) is 50.2 Å². The highest BCUT2D eigenvalue weighted by Gasteiger charge is 2.00. The van der Waals surface area contributed by atoms with Crippen molar-refractivity contribution in [3.63, 3.8) is 0 Å².